The first-order valence-electron chi connectivity index (χ1n) is 5.53. The van der Waals surface area contributed by atoms with Crippen LogP contribution in [0.1, 0.15) is 26.2 Å². The van der Waals surface area contributed by atoms with E-state index in [0.717, 1.165) is 19.6 Å². The molecule has 2 unspecified atom stereocenters. The molecule has 0 spiro atoms. The number of rotatable bonds is 2. The summed E-state index contributed by atoms with van der Waals surface area (Å²) in [5.74, 6) is 0.883. The van der Waals surface area contributed by atoms with Crippen LogP contribution in [-0.4, -0.2) is 36.6 Å². The van der Waals surface area contributed by atoms with E-state index in [-0.39, 0.29) is 5.91 Å². The predicted octanol–water partition coefficient (Wildman–Crippen LogP) is 0.111. The van der Waals surface area contributed by atoms with Crippen LogP contribution in [-0.2, 0) is 4.79 Å². The van der Waals surface area contributed by atoms with Gasteiger partial charge < -0.3 is 5.32 Å². The van der Waals surface area contributed by atoms with E-state index in [2.05, 4.69) is 17.7 Å². The molecule has 4 nitrogen and oxygen atoms in total. The predicted molar refractivity (Wildman–Crippen MR) is 54.5 cm³/mol. The molecule has 0 aromatic rings. The van der Waals surface area contributed by atoms with Crippen molar-refractivity contribution in [3.8, 4) is 0 Å². The van der Waals surface area contributed by atoms with E-state index in [1.807, 2.05) is 5.01 Å². The Morgan fingerprint density at radius 2 is 2.43 bits per heavy atom. The quantitative estimate of drug-likeness (QED) is 0.660. The number of nitrogens with zero attached hydrogens (tertiary/aromatic N) is 1. The molecule has 0 saturated carbocycles. The number of nitrogens with one attached hydrogen (secondary N) is 2. The summed E-state index contributed by atoms with van der Waals surface area (Å²) in [4.78, 5) is 11.5. The van der Waals surface area contributed by atoms with Gasteiger partial charge in [0.1, 0.15) is 0 Å². The van der Waals surface area contributed by atoms with E-state index >= 15 is 0 Å². The van der Waals surface area contributed by atoms with Crippen LogP contribution in [0.15, 0.2) is 0 Å². The van der Waals surface area contributed by atoms with Crippen LogP contribution < -0.4 is 10.7 Å². The molecule has 2 atom stereocenters. The number of piperidine rings is 1. The fourth-order valence-electron chi connectivity index (χ4n) is 2.25. The molecular weight excluding hydrogens is 178 g/mol. The van der Waals surface area contributed by atoms with Crippen molar-refractivity contribution in [3.63, 3.8) is 0 Å². The lowest BCUT2D eigenvalue weighted by Gasteiger charge is -2.27. The first-order valence-corrected chi connectivity index (χ1v) is 5.53. The molecule has 4 heteroatoms. The molecule has 80 valence electrons. The van der Waals surface area contributed by atoms with Crippen LogP contribution in [0.2, 0.25) is 0 Å². The molecule has 2 rings (SSSR count). The smallest absolute Gasteiger partial charge is 0.238 e. The first kappa shape index (κ1) is 9.93. The summed E-state index contributed by atoms with van der Waals surface area (Å²) in [6, 6.07) is 0.319. The standard InChI is InChI=1S/C10H19N3O/c1-8-5-10(14)13(12-8)7-9-3-2-4-11-6-9/h8-9,11-12H,2-7H2,1H3. The van der Waals surface area contributed by atoms with Gasteiger partial charge in [-0.2, -0.15) is 0 Å². The van der Waals surface area contributed by atoms with Crippen molar-refractivity contribution in [1.29, 1.82) is 0 Å². The Kier molecular flexibility index (Phi) is 3.03. The van der Waals surface area contributed by atoms with E-state index < -0.39 is 0 Å². The minimum atomic E-state index is 0.253. The number of carbonyl (C=O) groups is 1. The normalized spacial score (nSPS) is 33.8. The Morgan fingerprint density at radius 3 is 3.00 bits per heavy atom. The highest BCUT2D eigenvalue weighted by Crippen LogP contribution is 2.14. The Hall–Kier alpha value is -0.610. The molecule has 14 heavy (non-hydrogen) atoms. The summed E-state index contributed by atoms with van der Waals surface area (Å²) in [5, 5.41) is 5.18. The minimum absolute atomic E-state index is 0.253. The third-order valence-electron chi connectivity index (χ3n) is 3.00. The van der Waals surface area contributed by atoms with Gasteiger partial charge in [-0.1, -0.05) is 0 Å². The summed E-state index contributed by atoms with van der Waals surface area (Å²) < 4.78 is 0. The fraction of sp³-hybridized carbons (Fsp3) is 0.900. The maximum Gasteiger partial charge on any atom is 0.238 e. The van der Waals surface area contributed by atoms with Gasteiger partial charge in [-0.15, -0.1) is 0 Å². The lowest BCUT2D eigenvalue weighted by molar-refractivity contribution is -0.130. The lowest BCUT2D eigenvalue weighted by Crippen LogP contribution is -2.44. The third kappa shape index (κ3) is 2.25. The summed E-state index contributed by atoms with van der Waals surface area (Å²) >= 11 is 0. The molecule has 0 aromatic carbocycles. The molecule has 0 bridgehead atoms. The van der Waals surface area contributed by atoms with Crippen LogP contribution in [0.3, 0.4) is 0 Å². The number of hydrazine groups is 1. The molecule has 2 saturated heterocycles. The summed E-state index contributed by atoms with van der Waals surface area (Å²) in [7, 11) is 0. The van der Waals surface area contributed by atoms with E-state index in [9.17, 15) is 4.79 Å². The lowest BCUT2D eigenvalue weighted by atomic mass is 9.99. The number of hydrogen-bond acceptors (Lipinski definition) is 3. The van der Waals surface area contributed by atoms with Crippen LogP contribution in [0.5, 0.6) is 0 Å². The molecule has 2 fully saturated rings. The monoisotopic (exact) mass is 197 g/mol. The Labute approximate surface area is 85.0 Å². The molecule has 2 aliphatic heterocycles. The maximum absolute atomic E-state index is 11.5. The van der Waals surface area contributed by atoms with Crippen LogP contribution in [0.25, 0.3) is 0 Å². The van der Waals surface area contributed by atoms with Gasteiger partial charge in [0.25, 0.3) is 0 Å². The van der Waals surface area contributed by atoms with Crippen molar-refractivity contribution < 1.29 is 4.79 Å². The van der Waals surface area contributed by atoms with Crippen LogP contribution in [0.4, 0.5) is 0 Å². The van der Waals surface area contributed by atoms with Gasteiger partial charge in [0.05, 0.1) is 0 Å². The molecule has 0 aromatic heterocycles. The van der Waals surface area contributed by atoms with Crippen LogP contribution in [0, 0.1) is 5.92 Å². The van der Waals surface area contributed by atoms with Gasteiger partial charge in [0.15, 0.2) is 0 Å². The number of hydrogen-bond donors (Lipinski definition) is 2. The topological polar surface area (TPSA) is 44.4 Å². The second kappa shape index (κ2) is 4.28. The van der Waals surface area contributed by atoms with Gasteiger partial charge in [-0.25, -0.2) is 5.43 Å². The zero-order chi connectivity index (χ0) is 9.97. The number of carbonyl (C=O) groups excluding carboxylic acids is 1. The van der Waals surface area contributed by atoms with Crippen molar-refractivity contribution >= 4 is 5.91 Å². The zero-order valence-corrected chi connectivity index (χ0v) is 8.75. The van der Waals surface area contributed by atoms with E-state index in [0.29, 0.717) is 18.4 Å². The van der Waals surface area contributed by atoms with Gasteiger partial charge in [0, 0.05) is 19.0 Å². The molecule has 2 aliphatic rings. The van der Waals surface area contributed by atoms with Crippen molar-refractivity contribution in [3.05, 3.63) is 0 Å². The maximum atomic E-state index is 11.5. The number of amides is 1. The molecule has 0 radical (unpaired) electrons. The summed E-state index contributed by atoms with van der Waals surface area (Å²) in [6.45, 7) is 5.11. The molecule has 2 N–H and O–H groups in total. The third-order valence-corrected chi connectivity index (χ3v) is 3.00. The van der Waals surface area contributed by atoms with Crippen molar-refractivity contribution in [2.24, 2.45) is 5.92 Å². The largest absolute Gasteiger partial charge is 0.316 e. The zero-order valence-electron chi connectivity index (χ0n) is 8.75. The fourth-order valence-corrected chi connectivity index (χ4v) is 2.25. The Balaban J connectivity index is 1.81. The summed E-state index contributed by atoms with van der Waals surface area (Å²) in [5.41, 5.74) is 3.21. The molecule has 1 amide bonds. The molecular formula is C10H19N3O. The van der Waals surface area contributed by atoms with E-state index in [4.69, 9.17) is 0 Å². The van der Waals surface area contributed by atoms with Crippen molar-refractivity contribution in [2.45, 2.75) is 32.2 Å². The van der Waals surface area contributed by atoms with Gasteiger partial charge in [-0.05, 0) is 38.8 Å². The first-order chi connectivity index (χ1) is 6.75. The van der Waals surface area contributed by atoms with E-state index in [1.54, 1.807) is 0 Å². The Bertz CT molecular complexity index is 213. The highest BCUT2D eigenvalue weighted by molar-refractivity contribution is 5.78. The Morgan fingerprint density at radius 1 is 1.57 bits per heavy atom. The second-order valence-electron chi connectivity index (χ2n) is 4.45. The summed E-state index contributed by atoms with van der Waals surface area (Å²) in [6.07, 6.45) is 3.13. The minimum Gasteiger partial charge on any atom is -0.316 e. The van der Waals surface area contributed by atoms with Crippen LogP contribution >= 0.6 is 0 Å². The highest BCUT2D eigenvalue weighted by Gasteiger charge is 2.28. The van der Waals surface area contributed by atoms with Gasteiger partial charge >= 0.3 is 0 Å². The SMILES string of the molecule is CC1CC(=O)N(CC2CCCNC2)N1. The molecule has 0 aliphatic carbocycles. The average Bonchev–Trinajstić information content (AvgIpc) is 2.47. The average molecular weight is 197 g/mol. The van der Waals surface area contributed by atoms with Crippen molar-refractivity contribution in [2.75, 3.05) is 19.6 Å². The van der Waals surface area contributed by atoms with Gasteiger partial charge in [-0.3, -0.25) is 9.80 Å². The van der Waals surface area contributed by atoms with Gasteiger partial charge in [0.2, 0.25) is 5.91 Å². The molecule has 2 heterocycles. The highest BCUT2D eigenvalue weighted by atomic mass is 16.2. The van der Waals surface area contributed by atoms with E-state index in [1.165, 1.54) is 12.8 Å². The second-order valence-corrected chi connectivity index (χ2v) is 4.45. The van der Waals surface area contributed by atoms with Crippen molar-refractivity contribution in [1.82, 2.24) is 15.8 Å².